The van der Waals surface area contributed by atoms with E-state index in [9.17, 15) is 25.2 Å². The maximum atomic E-state index is 12.2. The molecule has 0 aromatic rings. The van der Waals surface area contributed by atoms with Crippen LogP contribution < -0.4 is 10.6 Å². The summed E-state index contributed by atoms with van der Waals surface area (Å²) in [4.78, 5) is 12.2. The fourth-order valence-electron chi connectivity index (χ4n) is 5.43. The van der Waals surface area contributed by atoms with Crippen LogP contribution in [0.25, 0.3) is 0 Å². The lowest BCUT2D eigenvalue weighted by molar-refractivity contribution is -0.113. The number of hydrogen-bond donors (Lipinski definition) is 7. The fourth-order valence-corrected chi connectivity index (χ4v) is 5.43. The number of urea groups is 1. The molecule has 0 aromatic carbocycles. The van der Waals surface area contributed by atoms with Gasteiger partial charge in [0.2, 0.25) is 0 Å². The summed E-state index contributed by atoms with van der Waals surface area (Å²) in [7, 11) is 0. The highest BCUT2D eigenvalue weighted by atomic mass is 16.4. The van der Waals surface area contributed by atoms with E-state index >= 15 is 0 Å². The number of hydrogen-bond acceptors (Lipinski definition) is 6. The van der Waals surface area contributed by atoms with Crippen LogP contribution in [-0.4, -0.2) is 74.7 Å². The van der Waals surface area contributed by atoms with Gasteiger partial charge in [0.1, 0.15) is 18.3 Å². The van der Waals surface area contributed by atoms with Crippen LogP contribution >= 0.6 is 0 Å². The molecule has 4 aliphatic carbocycles. The van der Waals surface area contributed by atoms with Crippen molar-refractivity contribution in [1.29, 1.82) is 0 Å². The van der Waals surface area contributed by atoms with Crippen molar-refractivity contribution in [3.05, 3.63) is 0 Å². The van der Waals surface area contributed by atoms with Crippen molar-refractivity contribution in [2.75, 3.05) is 13.2 Å². The second-order valence-electron chi connectivity index (χ2n) is 8.33. The highest BCUT2D eigenvalue weighted by Gasteiger charge is 2.51. The molecule has 4 aliphatic rings. The second-order valence-corrected chi connectivity index (χ2v) is 8.33. The Morgan fingerprint density at radius 2 is 1.40 bits per heavy atom. The van der Waals surface area contributed by atoms with E-state index in [0.717, 1.165) is 19.3 Å². The molecule has 25 heavy (non-hydrogen) atoms. The lowest BCUT2D eigenvalue weighted by Gasteiger charge is -2.56. The fraction of sp³-hybridized carbons (Fsp3) is 0.941. The molecule has 4 bridgehead atoms. The van der Waals surface area contributed by atoms with Crippen molar-refractivity contribution in [2.45, 2.75) is 68.5 Å². The van der Waals surface area contributed by atoms with Crippen LogP contribution in [0.15, 0.2) is 0 Å². The van der Waals surface area contributed by atoms with Gasteiger partial charge in [0, 0.05) is 12.1 Å². The summed E-state index contributed by atoms with van der Waals surface area (Å²) >= 11 is 0. The first-order valence-corrected chi connectivity index (χ1v) is 9.21. The van der Waals surface area contributed by atoms with Gasteiger partial charge in [-0.05, 0) is 56.3 Å². The van der Waals surface area contributed by atoms with Gasteiger partial charge in [0.25, 0.3) is 0 Å². The molecule has 8 nitrogen and oxygen atoms in total. The Labute approximate surface area is 147 Å². The Kier molecular flexibility index (Phi) is 5.55. The average Bonchev–Trinajstić information content (AvgIpc) is 2.55. The van der Waals surface area contributed by atoms with E-state index in [0.29, 0.717) is 17.8 Å². The third kappa shape index (κ3) is 4.09. The van der Waals surface area contributed by atoms with Crippen molar-refractivity contribution < 1.29 is 30.3 Å². The zero-order valence-electron chi connectivity index (χ0n) is 14.3. The summed E-state index contributed by atoms with van der Waals surface area (Å²) in [6, 6.07) is -0.384. The molecule has 0 saturated heterocycles. The first-order valence-electron chi connectivity index (χ1n) is 9.21. The predicted molar refractivity (Wildman–Crippen MR) is 88.6 cm³/mol. The minimum Gasteiger partial charge on any atom is -0.394 e. The molecule has 4 rings (SSSR count). The van der Waals surface area contributed by atoms with Gasteiger partial charge in [-0.15, -0.1) is 0 Å². The molecule has 0 radical (unpaired) electrons. The minimum atomic E-state index is -1.69. The van der Waals surface area contributed by atoms with E-state index < -0.39 is 31.0 Å². The first-order chi connectivity index (χ1) is 11.8. The van der Waals surface area contributed by atoms with Gasteiger partial charge < -0.3 is 36.2 Å². The van der Waals surface area contributed by atoms with Crippen molar-refractivity contribution in [2.24, 2.45) is 17.8 Å². The third-order valence-corrected chi connectivity index (χ3v) is 6.21. The topological polar surface area (TPSA) is 142 Å². The lowest BCUT2D eigenvalue weighted by Crippen LogP contribution is -2.62. The summed E-state index contributed by atoms with van der Waals surface area (Å²) in [6.07, 6.45) is 0.519. The largest absolute Gasteiger partial charge is 0.394 e. The molecule has 144 valence electrons. The number of carbonyl (C=O) groups is 1. The highest BCUT2D eigenvalue weighted by Crippen LogP contribution is 2.55. The number of carbonyl (C=O) groups excluding carboxylic acids is 1. The van der Waals surface area contributed by atoms with E-state index in [1.54, 1.807) is 0 Å². The van der Waals surface area contributed by atoms with Crippen molar-refractivity contribution in [3.63, 3.8) is 0 Å². The lowest BCUT2D eigenvalue weighted by atomic mass is 9.53. The summed E-state index contributed by atoms with van der Waals surface area (Å²) in [5.41, 5.74) is -0.144. The van der Waals surface area contributed by atoms with Crippen LogP contribution in [0.5, 0.6) is 0 Å². The monoisotopic (exact) mass is 358 g/mol. The van der Waals surface area contributed by atoms with Gasteiger partial charge in [-0.3, -0.25) is 0 Å². The Hall–Kier alpha value is -0.930. The van der Waals surface area contributed by atoms with E-state index in [1.807, 2.05) is 0 Å². The van der Waals surface area contributed by atoms with Crippen LogP contribution in [0, 0.1) is 17.8 Å². The third-order valence-electron chi connectivity index (χ3n) is 6.21. The van der Waals surface area contributed by atoms with Crippen molar-refractivity contribution in [1.82, 2.24) is 10.6 Å². The molecule has 0 unspecified atom stereocenters. The van der Waals surface area contributed by atoms with Gasteiger partial charge in [-0.2, -0.15) is 0 Å². The SMILES string of the molecule is O=C(NC[C@H](O)[C@@H](O)[C@H](O)[C@H](O)CO)NC12CC3CC(CC(C3)C1)C2. The van der Waals surface area contributed by atoms with E-state index in [2.05, 4.69) is 10.6 Å². The van der Waals surface area contributed by atoms with Gasteiger partial charge in [0.15, 0.2) is 0 Å². The van der Waals surface area contributed by atoms with Crippen LogP contribution in [0.4, 0.5) is 4.79 Å². The van der Waals surface area contributed by atoms with E-state index in [1.165, 1.54) is 19.3 Å². The maximum absolute atomic E-state index is 12.2. The Bertz CT molecular complexity index is 452. The predicted octanol–water partition coefficient (Wildman–Crippen LogP) is -1.31. The highest BCUT2D eigenvalue weighted by molar-refractivity contribution is 5.75. The summed E-state index contributed by atoms with van der Waals surface area (Å²) in [5.74, 6) is 2.11. The Morgan fingerprint density at radius 1 is 0.920 bits per heavy atom. The molecule has 2 amide bonds. The molecule has 0 aromatic heterocycles. The van der Waals surface area contributed by atoms with E-state index in [4.69, 9.17) is 5.11 Å². The molecule has 0 heterocycles. The van der Waals surface area contributed by atoms with Gasteiger partial charge >= 0.3 is 6.03 Å². The second kappa shape index (κ2) is 7.36. The number of aliphatic hydroxyl groups is 5. The molecular weight excluding hydrogens is 328 g/mol. The number of aliphatic hydroxyl groups excluding tert-OH is 5. The van der Waals surface area contributed by atoms with Gasteiger partial charge in [-0.1, -0.05) is 0 Å². The van der Waals surface area contributed by atoms with Crippen LogP contribution in [0.2, 0.25) is 0 Å². The molecule has 0 spiro atoms. The van der Waals surface area contributed by atoms with Gasteiger partial charge in [0.05, 0.1) is 12.7 Å². The Balaban J connectivity index is 1.47. The van der Waals surface area contributed by atoms with Crippen molar-refractivity contribution >= 4 is 6.03 Å². The molecule has 4 saturated carbocycles. The number of amides is 2. The zero-order chi connectivity index (χ0) is 18.2. The molecule has 8 heteroatoms. The molecule has 0 aliphatic heterocycles. The van der Waals surface area contributed by atoms with E-state index in [-0.39, 0.29) is 18.1 Å². The zero-order valence-corrected chi connectivity index (χ0v) is 14.3. The molecular formula is C17H30N2O6. The molecule has 4 fully saturated rings. The number of nitrogens with one attached hydrogen (secondary N) is 2. The number of rotatable bonds is 7. The summed E-state index contributed by atoms with van der Waals surface area (Å²) in [6.45, 7) is -0.987. The summed E-state index contributed by atoms with van der Waals surface area (Å²) < 4.78 is 0. The minimum absolute atomic E-state index is 0.144. The quantitative estimate of drug-likeness (QED) is 0.301. The van der Waals surface area contributed by atoms with Crippen LogP contribution in [0.3, 0.4) is 0 Å². The van der Waals surface area contributed by atoms with Gasteiger partial charge in [-0.25, -0.2) is 4.79 Å². The first kappa shape index (κ1) is 18.8. The van der Waals surface area contributed by atoms with Crippen LogP contribution in [0.1, 0.15) is 38.5 Å². The Morgan fingerprint density at radius 3 is 1.88 bits per heavy atom. The smallest absolute Gasteiger partial charge is 0.315 e. The standard InChI is InChI=1S/C17H30N2O6/c20-8-13(22)15(24)14(23)12(21)7-18-16(25)19-17-4-9-1-10(5-17)3-11(2-9)6-17/h9-15,20-24H,1-8H2,(H2,18,19,25)/t9?,10?,11?,12-,13+,14+,15+,17?/m0/s1. The normalized spacial score (nSPS) is 38.0. The average molecular weight is 358 g/mol. The summed E-state index contributed by atoms with van der Waals surface area (Å²) in [5, 5.41) is 52.9. The molecule has 4 atom stereocenters. The maximum Gasteiger partial charge on any atom is 0.315 e. The molecule has 7 N–H and O–H groups in total. The van der Waals surface area contributed by atoms with Crippen molar-refractivity contribution in [3.8, 4) is 0 Å². The van der Waals surface area contributed by atoms with Crippen LogP contribution in [-0.2, 0) is 0 Å².